The van der Waals surface area contributed by atoms with Crippen LogP contribution < -0.4 is 4.74 Å². The Morgan fingerprint density at radius 1 is 1.35 bits per heavy atom. The summed E-state index contributed by atoms with van der Waals surface area (Å²) in [4.78, 5) is 12.2. The smallest absolute Gasteiger partial charge is 0.170 e. The number of ether oxygens (including phenoxy) is 1. The minimum atomic E-state index is -0.557. The molecule has 5 heteroatoms. The number of Topliss-reactive ketones (excluding diaryl/α,β-unsaturated/α-hetero) is 1. The van der Waals surface area contributed by atoms with E-state index in [2.05, 4.69) is 15.9 Å². The van der Waals surface area contributed by atoms with Gasteiger partial charge in [-0.05, 0) is 46.3 Å². The van der Waals surface area contributed by atoms with Gasteiger partial charge in [0.25, 0.3) is 0 Å². The Morgan fingerprint density at radius 2 is 2.10 bits per heavy atom. The van der Waals surface area contributed by atoms with E-state index in [1.807, 2.05) is 0 Å². The molecule has 0 heterocycles. The molecule has 0 bridgehead atoms. The number of rotatable bonds is 4. The quantitative estimate of drug-likeness (QED) is 0.743. The van der Waals surface area contributed by atoms with Crippen molar-refractivity contribution in [3.8, 4) is 5.75 Å². The van der Waals surface area contributed by atoms with Crippen LogP contribution in [0.1, 0.15) is 15.9 Å². The average molecular weight is 358 g/mol. The highest BCUT2D eigenvalue weighted by Crippen LogP contribution is 2.25. The average Bonchev–Trinajstić information content (AvgIpc) is 2.42. The second-order valence-corrected chi connectivity index (χ2v) is 5.45. The number of ketones is 1. The summed E-state index contributed by atoms with van der Waals surface area (Å²) in [6.45, 7) is 0. The number of hydrogen-bond acceptors (Lipinski definition) is 2. The van der Waals surface area contributed by atoms with E-state index in [9.17, 15) is 9.18 Å². The first-order chi connectivity index (χ1) is 9.52. The van der Waals surface area contributed by atoms with Gasteiger partial charge in [-0.25, -0.2) is 4.39 Å². The molecule has 0 aromatic heterocycles. The van der Waals surface area contributed by atoms with Crippen LogP contribution in [0.3, 0.4) is 0 Å². The van der Waals surface area contributed by atoms with Crippen LogP contribution in [-0.2, 0) is 6.42 Å². The van der Waals surface area contributed by atoms with Crippen molar-refractivity contribution in [3.63, 3.8) is 0 Å². The van der Waals surface area contributed by atoms with Crippen molar-refractivity contribution in [2.45, 2.75) is 6.42 Å². The lowest BCUT2D eigenvalue weighted by Gasteiger charge is -2.09. The summed E-state index contributed by atoms with van der Waals surface area (Å²) in [7, 11) is 1.51. The fourth-order valence-corrected chi connectivity index (χ4v) is 2.43. The summed E-state index contributed by atoms with van der Waals surface area (Å²) in [5.74, 6) is -0.332. The van der Waals surface area contributed by atoms with Gasteiger partial charge < -0.3 is 4.74 Å². The zero-order valence-corrected chi connectivity index (χ0v) is 13.0. The van der Waals surface area contributed by atoms with Crippen LogP contribution in [0.15, 0.2) is 40.9 Å². The summed E-state index contributed by atoms with van der Waals surface area (Å²) >= 11 is 8.98. The molecule has 0 amide bonds. The van der Waals surface area contributed by atoms with Crippen molar-refractivity contribution >= 4 is 33.3 Å². The zero-order chi connectivity index (χ0) is 14.7. The maximum Gasteiger partial charge on any atom is 0.170 e. The van der Waals surface area contributed by atoms with Gasteiger partial charge in [-0.3, -0.25) is 4.79 Å². The van der Waals surface area contributed by atoms with Crippen LogP contribution in [0.4, 0.5) is 4.39 Å². The van der Waals surface area contributed by atoms with E-state index >= 15 is 0 Å². The Labute approximate surface area is 129 Å². The number of carbonyl (C=O) groups excluding carboxylic acids is 1. The molecule has 0 aliphatic rings. The normalized spacial score (nSPS) is 10.4. The predicted molar refractivity (Wildman–Crippen MR) is 80.1 cm³/mol. The first kappa shape index (κ1) is 15.0. The number of methoxy groups -OCH3 is 1. The van der Waals surface area contributed by atoms with Crippen LogP contribution in [0.2, 0.25) is 5.02 Å². The number of hydrogen-bond donors (Lipinski definition) is 0. The molecule has 0 saturated heterocycles. The number of benzene rings is 2. The van der Waals surface area contributed by atoms with Crippen LogP contribution in [0, 0.1) is 5.82 Å². The maximum atomic E-state index is 13.9. The second kappa shape index (κ2) is 6.37. The van der Waals surface area contributed by atoms with Crippen LogP contribution in [0.5, 0.6) is 5.75 Å². The minimum absolute atomic E-state index is 0.0249. The van der Waals surface area contributed by atoms with E-state index < -0.39 is 5.82 Å². The van der Waals surface area contributed by atoms with Gasteiger partial charge in [-0.15, -0.1) is 0 Å². The lowest BCUT2D eigenvalue weighted by molar-refractivity contribution is 0.0988. The highest BCUT2D eigenvalue weighted by Gasteiger charge is 2.16. The molecule has 0 saturated carbocycles. The maximum absolute atomic E-state index is 13.9. The Kier molecular flexibility index (Phi) is 4.78. The Balaban J connectivity index is 2.32. The minimum Gasteiger partial charge on any atom is -0.496 e. The summed E-state index contributed by atoms with van der Waals surface area (Å²) in [5.41, 5.74) is 0.672. The van der Waals surface area contributed by atoms with Gasteiger partial charge in [0, 0.05) is 17.0 Å². The van der Waals surface area contributed by atoms with Crippen molar-refractivity contribution in [3.05, 3.63) is 62.8 Å². The Bertz CT molecular complexity index is 658. The van der Waals surface area contributed by atoms with Crippen molar-refractivity contribution < 1.29 is 13.9 Å². The van der Waals surface area contributed by atoms with Gasteiger partial charge >= 0.3 is 0 Å². The summed E-state index contributed by atoms with van der Waals surface area (Å²) < 4.78 is 19.3. The van der Waals surface area contributed by atoms with Crippen molar-refractivity contribution in [1.29, 1.82) is 0 Å². The third-order valence-electron chi connectivity index (χ3n) is 2.85. The third kappa shape index (κ3) is 3.19. The van der Waals surface area contributed by atoms with E-state index in [1.54, 1.807) is 30.3 Å². The standard InChI is InChI=1S/C15H11BrClFO2/c1-20-14-6-5-10(17)7-9(14)8-13(19)11-3-2-4-12(16)15(11)18/h2-7H,8H2,1H3. The molecule has 0 atom stereocenters. The van der Waals surface area contributed by atoms with Crippen molar-refractivity contribution in [2.24, 2.45) is 0 Å². The van der Waals surface area contributed by atoms with Crippen molar-refractivity contribution in [1.82, 2.24) is 0 Å². The van der Waals surface area contributed by atoms with Crippen molar-refractivity contribution in [2.75, 3.05) is 7.11 Å². The van der Waals surface area contributed by atoms with E-state index in [1.165, 1.54) is 13.2 Å². The molecule has 0 radical (unpaired) electrons. The molecule has 104 valence electrons. The van der Waals surface area contributed by atoms with Crippen LogP contribution in [-0.4, -0.2) is 12.9 Å². The molecule has 0 spiro atoms. The predicted octanol–water partition coefficient (Wildman–Crippen LogP) is 4.68. The Morgan fingerprint density at radius 3 is 2.80 bits per heavy atom. The van der Waals surface area contributed by atoms with Crippen LogP contribution >= 0.6 is 27.5 Å². The third-order valence-corrected chi connectivity index (χ3v) is 3.69. The van der Waals surface area contributed by atoms with Gasteiger partial charge in [0.05, 0.1) is 17.1 Å². The van der Waals surface area contributed by atoms with Gasteiger partial charge in [0.2, 0.25) is 0 Å². The Hall–Kier alpha value is -1.39. The molecular formula is C15H11BrClFO2. The fraction of sp³-hybridized carbons (Fsp3) is 0.133. The molecule has 2 aromatic rings. The molecule has 0 N–H and O–H groups in total. The van der Waals surface area contributed by atoms with Gasteiger partial charge in [0.15, 0.2) is 5.78 Å². The highest BCUT2D eigenvalue weighted by molar-refractivity contribution is 9.10. The molecule has 2 rings (SSSR count). The molecular weight excluding hydrogens is 347 g/mol. The largest absolute Gasteiger partial charge is 0.496 e. The van der Waals surface area contributed by atoms with E-state index in [4.69, 9.17) is 16.3 Å². The molecule has 2 aromatic carbocycles. The first-order valence-electron chi connectivity index (χ1n) is 5.82. The number of carbonyl (C=O) groups is 1. The lowest BCUT2D eigenvalue weighted by atomic mass is 10.0. The molecule has 0 aliphatic carbocycles. The zero-order valence-electron chi connectivity index (χ0n) is 10.6. The lowest BCUT2D eigenvalue weighted by Crippen LogP contribution is -2.07. The SMILES string of the molecule is COc1ccc(Cl)cc1CC(=O)c1cccc(Br)c1F. The molecule has 2 nitrogen and oxygen atoms in total. The van der Waals surface area contributed by atoms with Crippen LogP contribution in [0.25, 0.3) is 0 Å². The molecule has 0 unspecified atom stereocenters. The van der Waals surface area contributed by atoms with E-state index in [0.717, 1.165) is 0 Å². The van der Waals surface area contributed by atoms with E-state index in [-0.39, 0.29) is 22.2 Å². The summed E-state index contributed by atoms with van der Waals surface area (Å²) in [5, 5.41) is 0.503. The second-order valence-electron chi connectivity index (χ2n) is 4.16. The molecule has 0 aliphatic heterocycles. The van der Waals surface area contributed by atoms with Gasteiger partial charge in [-0.2, -0.15) is 0 Å². The first-order valence-corrected chi connectivity index (χ1v) is 6.99. The summed E-state index contributed by atoms with van der Waals surface area (Å²) in [6.07, 6.45) is 0.0249. The number of halogens is 3. The van der Waals surface area contributed by atoms with Gasteiger partial charge in [-0.1, -0.05) is 17.7 Å². The topological polar surface area (TPSA) is 26.3 Å². The highest BCUT2D eigenvalue weighted by atomic mass is 79.9. The molecule has 0 fully saturated rings. The fourth-order valence-electron chi connectivity index (χ4n) is 1.87. The molecule has 20 heavy (non-hydrogen) atoms. The summed E-state index contributed by atoms with van der Waals surface area (Å²) in [6, 6.07) is 9.63. The monoisotopic (exact) mass is 356 g/mol. The van der Waals surface area contributed by atoms with Gasteiger partial charge in [0.1, 0.15) is 11.6 Å². The van der Waals surface area contributed by atoms with E-state index in [0.29, 0.717) is 16.3 Å².